The molecular formula is C18H23N3O3. The predicted octanol–water partition coefficient (Wildman–Crippen LogP) is 1.42. The molecule has 0 radical (unpaired) electrons. The molecule has 1 aliphatic heterocycles. The van der Waals surface area contributed by atoms with E-state index >= 15 is 0 Å². The van der Waals surface area contributed by atoms with Crippen molar-refractivity contribution in [3.63, 3.8) is 0 Å². The molecule has 24 heavy (non-hydrogen) atoms. The van der Waals surface area contributed by atoms with E-state index in [0.29, 0.717) is 19.8 Å². The van der Waals surface area contributed by atoms with Crippen molar-refractivity contribution in [3.05, 3.63) is 53.6 Å². The Morgan fingerprint density at radius 2 is 2.12 bits per heavy atom. The van der Waals surface area contributed by atoms with Crippen molar-refractivity contribution >= 4 is 0 Å². The highest BCUT2D eigenvalue weighted by atomic mass is 16.5. The Kier molecular flexibility index (Phi) is 5.74. The molecule has 3 rings (SSSR count). The number of aromatic nitrogens is 2. The molecule has 0 saturated heterocycles. The third-order valence-corrected chi connectivity index (χ3v) is 4.16. The maximum atomic E-state index is 10.2. The third kappa shape index (κ3) is 4.50. The molecular weight excluding hydrogens is 306 g/mol. The van der Waals surface area contributed by atoms with Gasteiger partial charge in [0, 0.05) is 25.8 Å². The van der Waals surface area contributed by atoms with E-state index < -0.39 is 6.10 Å². The smallest absolute Gasteiger partial charge is 0.118 e. The van der Waals surface area contributed by atoms with Crippen molar-refractivity contribution in [2.75, 3.05) is 26.8 Å². The lowest BCUT2D eigenvalue weighted by molar-refractivity contribution is 0.00747. The van der Waals surface area contributed by atoms with Crippen LogP contribution in [0.5, 0.6) is 5.75 Å². The summed E-state index contributed by atoms with van der Waals surface area (Å²) < 4.78 is 10.7. The van der Waals surface area contributed by atoms with Gasteiger partial charge >= 0.3 is 0 Å². The zero-order valence-corrected chi connectivity index (χ0v) is 13.9. The Bertz CT molecular complexity index is 648. The Labute approximate surface area is 142 Å². The molecule has 2 aromatic rings. The summed E-state index contributed by atoms with van der Waals surface area (Å²) in [5.41, 5.74) is 3.33. The Balaban J connectivity index is 1.40. The van der Waals surface area contributed by atoms with E-state index in [1.807, 2.05) is 30.5 Å². The molecule has 1 aromatic heterocycles. The lowest BCUT2D eigenvalue weighted by Crippen LogP contribution is -2.38. The van der Waals surface area contributed by atoms with Gasteiger partial charge in [-0.25, -0.2) is 9.97 Å². The predicted molar refractivity (Wildman–Crippen MR) is 89.7 cm³/mol. The van der Waals surface area contributed by atoms with Crippen LogP contribution in [0.15, 0.2) is 36.8 Å². The molecule has 6 nitrogen and oxygen atoms in total. The topological polar surface area (TPSA) is 67.7 Å². The van der Waals surface area contributed by atoms with Crippen LogP contribution in [0.1, 0.15) is 16.8 Å². The van der Waals surface area contributed by atoms with Crippen molar-refractivity contribution in [3.8, 4) is 5.75 Å². The number of aliphatic hydroxyl groups is 1. The molecule has 0 unspecified atom stereocenters. The van der Waals surface area contributed by atoms with Crippen LogP contribution in [0.4, 0.5) is 0 Å². The molecule has 1 aliphatic rings. The van der Waals surface area contributed by atoms with Crippen LogP contribution in [0.3, 0.4) is 0 Å². The Morgan fingerprint density at radius 3 is 2.92 bits per heavy atom. The van der Waals surface area contributed by atoms with Crippen LogP contribution in [-0.2, 0) is 24.3 Å². The molecule has 128 valence electrons. The van der Waals surface area contributed by atoms with Gasteiger partial charge in [0.25, 0.3) is 0 Å². The second-order valence-electron chi connectivity index (χ2n) is 6.00. The average Bonchev–Trinajstić information content (AvgIpc) is 2.62. The minimum Gasteiger partial charge on any atom is -0.497 e. The number of rotatable bonds is 7. The first-order chi connectivity index (χ1) is 11.7. The highest BCUT2D eigenvalue weighted by Crippen LogP contribution is 2.16. The fourth-order valence-electron chi connectivity index (χ4n) is 2.85. The van der Waals surface area contributed by atoms with Gasteiger partial charge in [-0.1, -0.05) is 12.1 Å². The molecule has 0 bridgehead atoms. The van der Waals surface area contributed by atoms with E-state index in [2.05, 4.69) is 14.9 Å². The first kappa shape index (κ1) is 16.8. The van der Waals surface area contributed by atoms with Crippen LogP contribution >= 0.6 is 0 Å². The maximum Gasteiger partial charge on any atom is 0.118 e. The summed E-state index contributed by atoms with van der Waals surface area (Å²) >= 11 is 0. The molecule has 1 atom stereocenters. The van der Waals surface area contributed by atoms with E-state index in [1.54, 1.807) is 13.4 Å². The van der Waals surface area contributed by atoms with Gasteiger partial charge in [0.1, 0.15) is 12.1 Å². The number of methoxy groups -OCH3 is 1. The SMILES string of the molecule is COc1ccc(COC[C@H](O)CN2CCc3cncnc3C2)cc1. The third-order valence-electron chi connectivity index (χ3n) is 4.16. The largest absolute Gasteiger partial charge is 0.497 e. The lowest BCUT2D eigenvalue weighted by atomic mass is 10.1. The molecule has 6 heteroatoms. The number of ether oxygens (including phenoxy) is 2. The molecule has 2 heterocycles. The Hall–Kier alpha value is -2.02. The molecule has 0 spiro atoms. The van der Waals surface area contributed by atoms with Crippen molar-refractivity contribution in [1.82, 2.24) is 14.9 Å². The Morgan fingerprint density at radius 1 is 1.29 bits per heavy atom. The number of aliphatic hydroxyl groups excluding tert-OH is 1. The van der Waals surface area contributed by atoms with Gasteiger partial charge in [-0.2, -0.15) is 0 Å². The maximum absolute atomic E-state index is 10.2. The zero-order chi connectivity index (χ0) is 16.8. The summed E-state index contributed by atoms with van der Waals surface area (Å²) in [5, 5.41) is 10.2. The van der Waals surface area contributed by atoms with E-state index in [-0.39, 0.29) is 0 Å². The standard InChI is InChI=1S/C18H23N3O3/c1-23-17-4-2-14(3-5-17)11-24-12-16(22)9-21-7-6-15-8-19-13-20-18(15)10-21/h2-5,8,13,16,22H,6-7,9-12H2,1H3/t16-/m1/s1. The fourth-order valence-corrected chi connectivity index (χ4v) is 2.85. The molecule has 0 amide bonds. The summed E-state index contributed by atoms with van der Waals surface area (Å²) in [4.78, 5) is 10.6. The minimum absolute atomic E-state index is 0.319. The second kappa shape index (κ2) is 8.19. The van der Waals surface area contributed by atoms with Crippen LogP contribution in [-0.4, -0.2) is 52.9 Å². The van der Waals surface area contributed by atoms with Crippen LogP contribution in [0, 0.1) is 0 Å². The fraction of sp³-hybridized carbons (Fsp3) is 0.444. The highest BCUT2D eigenvalue weighted by Gasteiger charge is 2.19. The molecule has 0 saturated carbocycles. The summed E-state index contributed by atoms with van der Waals surface area (Å²) in [6.45, 7) is 3.06. The average molecular weight is 329 g/mol. The minimum atomic E-state index is -0.508. The normalized spacial score (nSPS) is 15.8. The highest BCUT2D eigenvalue weighted by molar-refractivity contribution is 5.26. The van der Waals surface area contributed by atoms with Gasteiger partial charge in [0.2, 0.25) is 0 Å². The van der Waals surface area contributed by atoms with Gasteiger partial charge in [-0.3, -0.25) is 4.90 Å². The second-order valence-corrected chi connectivity index (χ2v) is 6.00. The van der Waals surface area contributed by atoms with E-state index in [9.17, 15) is 5.11 Å². The monoisotopic (exact) mass is 329 g/mol. The number of β-amino-alcohol motifs (C(OH)–C–C–N with tert-alkyl or cyclic N) is 1. The van der Waals surface area contributed by atoms with Crippen LogP contribution < -0.4 is 4.74 Å². The van der Waals surface area contributed by atoms with Gasteiger partial charge in [0.05, 0.1) is 32.1 Å². The first-order valence-electron chi connectivity index (χ1n) is 8.13. The number of hydrogen-bond acceptors (Lipinski definition) is 6. The molecule has 0 fully saturated rings. The number of fused-ring (bicyclic) bond motifs is 1. The summed E-state index contributed by atoms with van der Waals surface area (Å²) in [5.74, 6) is 0.827. The molecule has 1 aromatic carbocycles. The first-order valence-corrected chi connectivity index (χ1v) is 8.13. The number of hydrogen-bond donors (Lipinski definition) is 1. The van der Waals surface area contributed by atoms with E-state index in [4.69, 9.17) is 9.47 Å². The molecule has 0 aliphatic carbocycles. The van der Waals surface area contributed by atoms with Gasteiger partial charge in [-0.15, -0.1) is 0 Å². The van der Waals surface area contributed by atoms with E-state index in [0.717, 1.165) is 36.5 Å². The zero-order valence-electron chi connectivity index (χ0n) is 13.9. The van der Waals surface area contributed by atoms with Gasteiger partial charge in [0.15, 0.2) is 0 Å². The number of benzene rings is 1. The van der Waals surface area contributed by atoms with Crippen LogP contribution in [0.25, 0.3) is 0 Å². The van der Waals surface area contributed by atoms with Crippen LogP contribution in [0.2, 0.25) is 0 Å². The lowest BCUT2D eigenvalue weighted by Gasteiger charge is -2.29. The van der Waals surface area contributed by atoms with Gasteiger partial charge in [-0.05, 0) is 29.7 Å². The number of nitrogens with zero attached hydrogens (tertiary/aromatic N) is 3. The van der Waals surface area contributed by atoms with Crippen molar-refractivity contribution in [2.24, 2.45) is 0 Å². The quantitative estimate of drug-likeness (QED) is 0.829. The van der Waals surface area contributed by atoms with Crippen molar-refractivity contribution < 1.29 is 14.6 Å². The summed E-state index contributed by atoms with van der Waals surface area (Å²) in [6, 6.07) is 7.74. The summed E-state index contributed by atoms with van der Waals surface area (Å²) in [6.07, 6.45) is 3.88. The molecule has 1 N–H and O–H groups in total. The van der Waals surface area contributed by atoms with Crippen molar-refractivity contribution in [1.29, 1.82) is 0 Å². The summed E-state index contributed by atoms with van der Waals surface area (Å²) in [7, 11) is 1.65. The van der Waals surface area contributed by atoms with Crippen molar-refractivity contribution in [2.45, 2.75) is 25.7 Å². The van der Waals surface area contributed by atoms with Gasteiger partial charge < -0.3 is 14.6 Å². The van der Waals surface area contributed by atoms with E-state index in [1.165, 1.54) is 5.56 Å².